The first-order valence-electron chi connectivity index (χ1n) is 5.92. The first kappa shape index (κ1) is 12.3. The average Bonchev–Trinajstić information content (AvgIpc) is 2.29. The van der Waals surface area contributed by atoms with Crippen LogP contribution in [0.1, 0.15) is 25.3 Å². The van der Waals surface area contributed by atoms with E-state index in [1.807, 2.05) is 24.3 Å². The molecule has 0 aliphatic carbocycles. The quantitative estimate of drug-likeness (QED) is 0.898. The van der Waals surface area contributed by atoms with Gasteiger partial charge in [-0.1, -0.05) is 31.0 Å². The van der Waals surface area contributed by atoms with Crippen molar-refractivity contribution in [1.29, 1.82) is 0 Å². The minimum absolute atomic E-state index is 0.277. The van der Waals surface area contributed by atoms with E-state index in [4.69, 9.17) is 11.6 Å². The first-order chi connectivity index (χ1) is 8.20. The van der Waals surface area contributed by atoms with Crippen molar-refractivity contribution in [3.63, 3.8) is 0 Å². The van der Waals surface area contributed by atoms with E-state index in [9.17, 15) is 5.11 Å². The van der Waals surface area contributed by atoms with E-state index in [0.717, 1.165) is 29.3 Å². The number of nitrogens with zero attached hydrogens (tertiary/aromatic N) is 1. The van der Waals surface area contributed by atoms with Crippen molar-refractivity contribution >= 4 is 22.5 Å². The molecule has 0 saturated heterocycles. The molecule has 1 heterocycles. The van der Waals surface area contributed by atoms with E-state index in [0.29, 0.717) is 11.4 Å². The van der Waals surface area contributed by atoms with Gasteiger partial charge in [-0.05, 0) is 36.6 Å². The summed E-state index contributed by atoms with van der Waals surface area (Å²) in [5.74, 6) is 0. The van der Waals surface area contributed by atoms with Crippen molar-refractivity contribution < 1.29 is 5.11 Å². The number of pyridine rings is 1. The van der Waals surface area contributed by atoms with Crippen LogP contribution in [0.3, 0.4) is 0 Å². The van der Waals surface area contributed by atoms with Crippen LogP contribution >= 0.6 is 11.6 Å². The van der Waals surface area contributed by atoms with Crippen molar-refractivity contribution in [2.24, 2.45) is 0 Å². The molecule has 1 unspecified atom stereocenters. The van der Waals surface area contributed by atoms with Crippen LogP contribution in [0.2, 0.25) is 5.02 Å². The number of aromatic nitrogens is 1. The summed E-state index contributed by atoms with van der Waals surface area (Å²) in [6.07, 6.45) is 4.00. The minimum Gasteiger partial charge on any atom is -0.393 e. The summed E-state index contributed by atoms with van der Waals surface area (Å²) in [6.45, 7) is 2.08. The molecule has 0 radical (unpaired) electrons. The van der Waals surface area contributed by atoms with Crippen LogP contribution in [0.25, 0.3) is 10.9 Å². The third kappa shape index (κ3) is 2.96. The highest BCUT2D eigenvalue weighted by Crippen LogP contribution is 2.22. The minimum atomic E-state index is -0.277. The normalized spacial score (nSPS) is 12.9. The lowest BCUT2D eigenvalue weighted by Gasteiger charge is -2.11. The van der Waals surface area contributed by atoms with Crippen molar-refractivity contribution in [3.8, 4) is 0 Å². The summed E-state index contributed by atoms with van der Waals surface area (Å²) >= 11 is 5.94. The largest absolute Gasteiger partial charge is 0.393 e. The highest BCUT2D eigenvalue weighted by molar-refractivity contribution is 6.31. The van der Waals surface area contributed by atoms with Crippen molar-refractivity contribution in [3.05, 3.63) is 41.0 Å². The Hall–Kier alpha value is -1.12. The average molecular weight is 250 g/mol. The van der Waals surface area contributed by atoms with Gasteiger partial charge in [0.25, 0.3) is 0 Å². The molecule has 1 N–H and O–H groups in total. The van der Waals surface area contributed by atoms with Crippen molar-refractivity contribution in [2.75, 3.05) is 0 Å². The maximum atomic E-state index is 9.87. The van der Waals surface area contributed by atoms with Crippen LogP contribution < -0.4 is 0 Å². The second-order valence-corrected chi connectivity index (χ2v) is 4.71. The lowest BCUT2D eigenvalue weighted by atomic mass is 10.0. The van der Waals surface area contributed by atoms with Crippen LogP contribution in [0.15, 0.2) is 30.5 Å². The maximum Gasteiger partial charge on any atom is 0.0719 e. The third-order valence-electron chi connectivity index (χ3n) is 2.87. The summed E-state index contributed by atoms with van der Waals surface area (Å²) in [5, 5.41) is 11.6. The fourth-order valence-corrected chi connectivity index (χ4v) is 2.21. The van der Waals surface area contributed by atoms with Gasteiger partial charge in [-0.25, -0.2) is 0 Å². The van der Waals surface area contributed by atoms with Crippen LogP contribution in [-0.2, 0) is 6.42 Å². The first-order valence-corrected chi connectivity index (χ1v) is 6.29. The molecule has 0 spiro atoms. The van der Waals surface area contributed by atoms with Crippen LogP contribution in [0, 0.1) is 0 Å². The van der Waals surface area contributed by atoms with Gasteiger partial charge < -0.3 is 5.11 Å². The fourth-order valence-electron chi connectivity index (χ4n) is 2.05. The Morgan fingerprint density at radius 2 is 2.18 bits per heavy atom. The lowest BCUT2D eigenvalue weighted by molar-refractivity contribution is 0.164. The molecule has 1 aromatic carbocycles. The van der Waals surface area contributed by atoms with Crippen molar-refractivity contribution in [2.45, 2.75) is 32.3 Å². The molecule has 3 heteroatoms. The molecule has 2 rings (SSSR count). The van der Waals surface area contributed by atoms with Gasteiger partial charge in [0.05, 0.1) is 11.6 Å². The van der Waals surface area contributed by atoms with Crippen LogP contribution in [-0.4, -0.2) is 16.2 Å². The Bertz CT molecular complexity index is 513. The van der Waals surface area contributed by atoms with E-state index in [2.05, 4.69) is 11.9 Å². The van der Waals surface area contributed by atoms with E-state index >= 15 is 0 Å². The summed E-state index contributed by atoms with van der Waals surface area (Å²) in [4.78, 5) is 4.29. The molecule has 90 valence electrons. The SMILES string of the molecule is CCCC(O)Cc1ccnc2cc(Cl)ccc12. The van der Waals surface area contributed by atoms with Gasteiger partial charge in [0, 0.05) is 16.6 Å². The van der Waals surface area contributed by atoms with Gasteiger partial charge in [0.15, 0.2) is 0 Å². The molecule has 1 atom stereocenters. The highest BCUT2D eigenvalue weighted by Gasteiger charge is 2.08. The molecular weight excluding hydrogens is 234 g/mol. The van der Waals surface area contributed by atoms with Gasteiger partial charge in [-0.3, -0.25) is 4.98 Å². The number of fused-ring (bicyclic) bond motifs is 1. The molecule has 0 aliphatic rings. The predicted molar refractivity (Wildman–Crippen MR) is 71.4 cm³/mol. The summed E-state index contributed by atoms with van der Waals surface area (Å²) in [5.41, 5.74) is 2.02. The van der Waals surface area contributed by atoms with Crippen LogP contribution in [0.5, 0.6) is 0 Å². The Balaban J connectivity index is 2.34. The second-order valence-electron chi connectivity index (χ2n) is 4.28. The number of aliphatic hydroxyl groups excluding tert-OH is 1. The van der Waals surface area contributed by atoms with Crippen LogP contribution in [0.4, 0.5) is 0 Å². The Morgan fingerprint density at radius 1 is 1.35 bits per heavy atom. The van der Waals surface area contributed by atoms with Gasteiger partial charge in [-0.2, -0.15) is 0 Å². The number of hydrogen-bond donors (Lipinski definition) is 1. The van der Waals surface area contributed by atoms with E-state index < -0.39 is 0 Å². The molecule has 0 amide bonds. The van der Waals surface area contributed by atoms with Gasteiger partial charge in [0.2, 0.25) is 0 Å². The second kappa shape index (κ2) is 5.48. The lowest BCUT2D eigenvalue weighted by Crippen LogP contribution is -2.10. The molecule has 0 aliphatic heterocycles. The molecule has 2 aromatic rings. The zero-order valence-electron chi connectivity index (χ0n) is 9.86. The van der Waals surface area contributed by atoms with Crippen molar-refractivity contribution in [1.82, 2.24) is 4.98 Å². The summed E-state index contributed by atoms with van der Waals surface area (Å²) < 4.78 is 0. The highest BCUT2D eigenvalue weighted by atomic mass is 35.5. The van der Waals surface area contributed by atoms with Gasteiger partial charge in [-0.15, -0.1) is 0 Å². The zero-order valence-corrected chi connectivity index (χ0v) is 10.6. The Morgan fingerprint density at radius 3 is 2.94 bits per heavy atom. The summed E-state index contributed by atoms with van der Waals surface area (Å²) in [7, 11) is 0. The molecular formula is C14H16ClNO. The third-order valence-corrected chi connectivity index (χ3v) is 3.11. The maximum absolute atomic E-state index is 9.87. The molecule has 0 fully saturated rings. The molecule has 2 nitrogen and oxygen atoms in total. The number of aliphatic hydroxyl groups is 1. The number of hydrogen-bond acceptors (Lipinski definition) is 2. The molecule has 17 heavy (non-hydrogen) atoms. The standard InChI is InChI=1S/C14H16ClNO/c1-2-3-12(17)8-10-6-7-16-14-9-11(15)4-5-13(10)14/h4-7,9,12,17H,2-3,8H2,1H3. The topological polar surface area (TPSA) is 33.1 Å². The van der Waals surface area contributed by atoms with E-state index in [1.165, 1.54) is 0 Å². The number of benzene rings is 1. The Labute approximate surface area is 106 Å². The molecule has 0 bridgehead atoms. The fraction of sp³-hybridized carbons (Fsp3) is 0.357. The van der Waals surface area contributed by atoms with E-state index in [1.54, 1.807) is 6.20 Å². The number of rotatable bonds is 4. The summed E-state index contributed by atoms with van der Waals surface area (Å²) in [6, 6.07) is 7.65. The van der Waals surface area contributed by atoms with E-state index in [-0.39, 0.29) is 6.10 Å². The monoisotopic (exact) mass is 249 g/mol. The van der Waals surface area contributed by atoms with Gasteiger partial charge in [0.1, 0.15) is 0 Å². The molecule has 1 aromatic heterocycles. The number of halogens is 1. The van der Waals surface area contributed by atoms with Gasteiger partial charge >= 0.3 is 0 Å². The Kier molecular flexibility index (Phi) is 3.97. The predicted octanol–water partition coefficient (Wildman–Crippen LogP) is 3.59. The molecule has 0 saturated carbocycles. The zero-order chi connectivity index (χ0) is 12.3. The smallest absolute Gasteiger partial charge is 0.0719 e.